The third kappa shape index (κ3) is 3.14. The van der Waals surface area contributed by atoms with Crippen LogP contribution in [0.5, 0.6) is 0 Å². The summed E-state index contributed by atoms with van der Waals surface area (Å²) < 4.78 is 24.7. The van der Waals surface area contributed by atoms with E-state index in [2.05, 4.69) is 4.72 Å². The van der Waals surface area contributed by atoms with E-state index in [9.17, 15) is 8.42 Å². The van der Waals surface area contributed by atoms with Gasteiger partial charge in [-0.25, -0.2) is 13.1 Å². The topological polar surface area (TPSA) is 70.0 Å². The Morgan fingerprint density at radius 3 is 2.69 bits per heavy atom. The monoisotopic (exact) mass is 222 g/mol. The van der Waals surface area contributed by atoms with E-state index < -0.39 is 15.8 Å². The summed E-state index contributed by atoms with van der Waals surface area (Å²) >= 11 is 5.87. The second kappa shape index (κ2) is 4.27. The summed E-state index contributed by atoms with van der Waals surface area (Å²) in [5.74, 6) is -0.493. The predicted molar refractivity (Wildman–Crippen MR) is 49.8 cm³/mol. The van der Waals surface area contributed by atoms with Gasteiger partial charge in [0.2, 0.25) is 10.0 Å². The first-order chi connectivity index (χ1) is 6.05. The highest BCUT2D eigenvalue weighted by molar-refractivity contribution is 7.89. The third-order valence-corrected chi connectivity index (χ3v) is 3.71. The smallest absolute Gasteiger partial charge is 0.211 e. The lowest BCUT2D eigenvalue weighted by Crippen LogP contribution is -2.38. The Bertz CT molecular complexity index is 309. The van der Waals surface area contributed by atoms with Crippen molar-refractivity contribution in [3.05, 3.63) is 0 Å². The Morgan fingerprint density at radius 1 is 1.54 bits per heavy atom. The van der Waals surface area contributed by atoms with Crippen LogP contribution in [-0.2, 0) is 10.0 Å². The molecule has 0 aromatic rings. The molecule has 0 heterocycles. The fraction of sp³-hybridized carbons (Fsp3) is 0.857. The van der Waals surface area contributed by atoms with Gasteiger partial charge in [-0.3, -0.25) is 0 Å². The van der Waals surface area contributed by atoms with Crippen molar-refractivity contribution in [2.24, 2.45) is 0 Å². The Kier molecular flexibility index (Phi) is 3.54. The number of hydrogen-bond donors (Lipinski definition) is 1. The maximum atomic E-state index is 11.1. The Labute approximate surface area is 82.9 Å². The van der Waals surface area contributed by atoms with E-state index in [4.69, 9.17) is 16.9 Å². The predicted octanol–water partition coefficient (Wildman–Crippen LogP) is 0.589. The highest BCUT2D eigenvalue weighted by Crippen LogP contribution is 2.24. The van der Waals surface area contributed by atoms with E-state index in [0.29, 0.717) is 0 Å². The molecule has 2 unspecified atom stereocenters. The van der Waals surface area contributed by atoms with Gasteiger partial charge in [-0.15, -0.1) is 11.6 Å². The molecular weight excluding hydrogens is 212 g/mol. The van der Waals surface area contributed by atoms with E-state index in [1.165, 1.54) is 0 Å². The fourth-order valence-corrected chi connectivity index (χ4v) is 2.82. The molecule has 1 rings (SSSR count). The first-order valence-corrected chi connectivity index (χ1v) is 6.15. The standard InChI is InChI=1S/C7H11ClN2O2S/c8-6-2-1-3-7(6)10-13(11,12)5-4-9/h6-7,10H,1-3,5H2. The zero-order valence-corrected chi connectivity index (χ0v) is 8.61. The van der Waals surface area contributed by atoms with Gasteiger partial charge in [0.05, 0.1) is 6.07 Å². The van der Waals surface area contributed by atoms with Crippen LogP contribution in [0.3, 0.4) is 0 Å². The first-order valence-electron chi connectivity index (χ1n) is 4.06. The van der Waals surface area contributed by atoms with Crippen molar-refractivity contribution in [2.45, 2.75) is 30.7 Å². The summed E-state index contributed by atoms with van der Waals surface area (Å²) in [6.07, 6.45) is 2.54. The van der Waals surface area contributed by atoms with E-state index in [0.717, 1.165) is 19.3 Å². The summed E-state index contributed by atoms with van der Waals surface area (Å²) in [5, 5.41) is 8.11. The molecule has 2 atom stereocenters. The van der Waals surface area contributed by atoms with E-state index in [-0.39, 0.29) is 11.4 Å². The molecule has 6 heteroatoms. The van der Waals surface area contributed by atoms with E-state index in [1.807, 2.05) is 0 Å². The number of nitrogens with zero attached hydrogens (tertiary/aromatic N) is 1. The van der Waals surface area contributed by atoms with Crippen molar-refractivity contribution in [3.63, 3.8) is 0 Å². The molecule has 13 heavy (non-hydrogen) atoms. The molecule has 4 nitrogen and oxygen atoms in total. The molecule has 0 aromatic carbocycles. The quantitative estimate of drug-likeness (QED) is 0.711. The van der Waals surface area contributed by atoms with Crippen molar-refractivity contribution in [2.75, 3.05) is 5.75 Å². The zero-order valence-electron chi connectivity index (χ0n) is 7.03. The molecule has 1 fully saturated rings. The summed E-state index contributed by atoms with van der Waals surface area (Å²) in [7, 11) is -3.44. The molecule has 1 aliphatic rings. The molecule has 0 saturated heterocycles. The van der Waals surface area contributed by atoms with Crippen LogP contribution in [0.4, 0.5) is 0 Å². The minimum Gasteiger partial charge on any atom is -0.211 e. The van der Waals surface area contributed by atoms with Gasteiger partial charge in [0.1, 0.15) is 0 Å². The van der Waals surface area contributed by atoms with Crippen LogP contribution >= 0.6 is 11.6 Å². The number of hydrogen-bond acceptors (Lipinski definition) is 3. The van der Waals surface area contributed by atoms with Gasteiger partial charge in [-0.2, -0.15) is 5.26 Å². The summed E-state index contributed by atoms with van der Waals surface area (Å²) in [6, 6.07) is 1.41. The number of nitrogens with one attached hydrogen (secondary N) is 1. The second-order valence-electron chi connectivity index (χ2n) is 3.09. The average molecular weight is 223 g/mol. The lowest BCUT2D eigenvalue weighted by Gasteiger charge is -2.14. The number of nitriles is 1. The van der Waals surface area contributed by atoms with E-state index in [1.54, 1.807) is 6.07 Å². The molecule has 0 aliphatic heterocycles. The minimum absolute atomic E-state index is 0.131. The van der Waals surface area contributed by atoms with Crippen molar-refractivity contribution in [1.82, 2.24) is 4.72 Å². The first kappa shape index (κ1) is 10.8. The van der Waals surface area contributed by atoms with Crippen LogP contribution in [-0.4, -0.2) is 25.6 Å². The lowest BCUT2D eigenvalue weighted by molar-refractivity contribution is 0.557. The van der Waals surface area contributed by atoms with Crippen molar-refractivity contribution in [3.8, 4) is 6.07 Å². The van der Waals surface area contributed by atoms with Crippen LogP contribution in [0, 0.1) is 11.3 Å². The van der Waals surface area contributed by atoms with Crippen molar-refractivity contribution >= 4 is 21.6 Å². The molecule has 0 bridgehead atoms. The van der Waals surface area contributed by atoms with Gasteiger partial charge >= 0.3 is 0 Å². The van der Waals surface area contributed by atoms with Gasteiger partial charge in [-0.1, -0.05) is 6.42 Å². The van der Waals surface area contributed by atoms with Crippen molar-refractivity contribution < 1.29 is 8.42 Å². The average Bonchev–Trinajstić information content (AvgIpc) is 2.35. The van der Waals surface area contributed by atoms with Crippen LogP contribution in [0.2, 0.25) is 0 Å². The number of halogens is 1. The summed E-state index contributed by atoms with van der Waals surface area (Å²) in [6.45, 7) is 0. The van der Waals surface area contributed by atoms with Gasteiger partial charge in [0.15, 0.2) is 5.75 Å². The molecule has 74 valence electrons. The van der Waals surface area contributed by atoms with Gasteiger partial charge in [0, 0.05) is 11.4 Å². The lowest BCUT2D eigenvalue weighted by atomic mass is 10.3. The normalized spacial score (nSPS) is 28.6. The highest BCUT2D eigenvalue weighted by Gasteiger charge is 2.28. The molecule has 0 spiro atoms. The third-order valence-electron chi connectivity index (χ3n) is 2.02. The van der Waals surface area contributed by atoms with Crippen molar-refractivity contribution in [1.29, 1.82) is 5.26 Å². The van der Waals surface area contributed by atoms with Crippen LogP contribution < -0.4 is 4.72 Å². The second-order valence-corrected chi connectivity index (χ2v) is 5.40. The maximum absolute atomic E-state index is 11.1. The molecule has 0 aromatic heterocycles. The van der Waals surface area contributed by atoms with E-state index >= 15 is 0 Å². The van der Waals surface area contributed by atoms with Gasteiger partial charge in [-0.05, 0) is 12.8 Å². The van der Waals surface area contributed by atoms with Gasteiger partial charge in [0.25, 0.3) is 0 Å². The zero-order chi connectivity index (χ0) is 9.90. The SMILES string of the molecule is N#CCS(=O)(=O)NC1CCCC1Cl. The Hall–Kier alpha value is -0.310. The maximum Gasteiger partial charge on any atom is 0.225 e. The molecule has 0 radical (unpaired) electrons. The van der Waals surface area contributed by atoms with Crippen LogP contribution in [0.25, 0.3) is 0 Å². The fourth-order valence-electron chi connectivity index (χ4n) is 1.40. The number of sulfonamides is 1. The highest BCUT2D eigenvalue weighted by atomic mass is 35.5. The van der Waals surface area contributed by atoms with Crippen LogP contribution in [0.15, 0.2) is 0 Å². The number of alkyl halides is 1. The van der Waals surface area contributed by atoms with Gasteiger partial charge < -0.3 is 0 Å². The minimum atomic E-state index is -3.44. The number of rotatable bonds is 3. The largest absolute Gasteiger partial charge is 0.225 e. The Morgan fingerprint density at radius 2 is 2.23 bits per heavy atom. The summed E-state index contributed by atoms with van der Waals surface area (Å²) in [5.41, 5.74) is 0. The molecule has 0 amide bonds. The Balaban J connectivity index is 2.54. The molecule has 1 saturated carbocycles. The van der Waals surface area contributed by atoms with Crippen LogP contribution in [0.1, 0.15) is 19.3 Å². The molecular formula is C7H11ClN2O2S. The summed E-state index contributed by atoms with van der Waals surface area (Å²) in [4.78, 5) is 0. The molecule has 1 N–H and O–H groups in total. The molecule has 1 aliphatic carbocycles.